The molecule has 0 bridgehead atoms. The summed E-state index contributed by atoms with van der Waals surface area (Å²) in [6.07, 6.45) is 2.89. The second-order valence-corrected chi connectivity index (χ2v) is 6.93. The Morgan fingerprint density at radius 2 is 1.90 bits per heavy atom. The molecular formula is C21H25N3O5. The van der Waals surface area contributed by atoms with Gasteiger partial charge in [-0.25, -0.2) is 0 Å². The van der Waals surface area contributed by atoms with Crippen LogP contribution in [0.1, 0.15) is 29.0 Å². The van der Waals surface area contributed by atoms with Crippen LogP contribution >= 0.6 is 0 Å². The molecule has 29 heavy (non-hydrogen) atoms. The van der Waals surface area contributed by atoms with E-state index >= 15 is 0 Å². The summed E-state index contributed by atoms with van der Waals surface area (Å²) in [6.45, 7) is 1.77. The number of furan rings is 1. The van der Waals surface area contributed by atoms with Gasteiger partial charge in [0.25, 0.3) is 5.91 Å². The highest BCUT2D eigenvalue weighted by atomic mass is 16.5. The lowest BCUT2D eigenvalue weighted by Gasteiger charge is -2.30. The van der Waals surface area contributed by atoms with Crippen molar-refractivity contribution >= 4 is 23.5 Å². The number of esters is 1. The van der Waals surface area contributed by atoms with Gasteiger partial charge in [-0.3, -0.25) is 19.3 Å². The highest BCUT2D eigenvalue weighted by Crippen LogP contribution is 2.19. The fourth-order valence-corrected chi connectivity index (χ4v) is 3.35. The third-order valence-corrected chi connectivity index (χ3v) is 4.94. The number of carbonyl (C=O) groups excluding carboxylic acids is 3. The van der Waals surface area contributed by atoms with Gasteiger partial charge in [0.15, 0.2) is 0 Å². The van der Waals surface area contributed by atoms with Crippen LogP contribution < -0.4 is 10.6 Å². The molecule has 1 aliphatic heterocycles. The van der Waals surface area contributed by atoms with Crippen molar-refractivity contribution < 1.29 is 23.5 Å². The van der Waals surface area contributed by atoms with Crippen molar-refractivity contribution in [1.82, 2.24) is 10.2 Å². The summed E-state index contributed by atoms with van der Waals surface area (Å²) in [5, 5.41) is 5.60. The molecule has 2 heterocycles. The SMILES string of the molecule is COC(=O)C1CCN(CC(=O)Nc2ccccc2C(=O)NCc2ccco2)CC1. The monoisotopic (exact) mass is 399 g/mol. The van der Waals surface area contributed by atoms with Crippen LogP contribution in [-0.2, 0) is 20.9 Å². The molecule has 8 nitrogen and oxygen atoms in total. The van der Waals surface area contributed by atoms with Gasteiger partial charge < -0.3 is 19.8 Å². The van der Waals surface area contributed by atoms with Crippen molar-refractivity contribution in [3.8, 4) is 0 Å². The first-order chi connectivity index (χ1) is 14.1. The molecule has 0 saturated carbocycles. The van der Waals surface area contributed by atoms with Crippen LogP contribution in [0.25, 0.3) is 0 Å². The fourth-order valence-electron chi connectivity index (χ4n) is 3.35. The van der Waals surface area contributed by atoms with Crippen LogP contribution in [0.2, 0.25) is 0 Å². The number of nitrogens with one attached hydrogen (secondary N) is 2. The van der Waals surface area contributed by atoms with Gasteiger partial charge >= 0.3 is 5.97 Å². The maximum atomic E-state index is 12.5. The summed E-state index contributed by atoms with van der Waals surface area (Å²) in [6, 6.07) is 10.4. The number of amides is 2. The van der Waals surface area contributed by atoms with Crippen molar-refractivity contribution in [2.45, 2.75) is 19.4 Å². The highest BCUT2D eigenvalue weighted by Gasteiger charge is 2.26. The average molecular weight is 399 g/mol. The summed E-state index contributed by atoms with van der Waals surface area (Å²) in [5.41, 5.74) is 0.843. The Morgan fingerprint density at radius 3 is 2.59 bits per heavy atom. The quantitative estimate of drug-likeness (QED) is 0.691. The summed E-state index contributed by atoms with van der Waals surface area (Å²) < 4.78 is 9.99. The second kappa shape index (κ2) is 9.88. The van der Waals surface area contributed by atoms with Crippen molar-refractivity contribution in [2.24, 2.45) is 5.92 Å². The molecule has 1 aromatic heterocycles. The Kier molecular flexibility index (Phi) is 7.02. The highest BCUT2D eigenvalue weighted by molar-refractivity contribution is 6.04. The van der Waals surface area contributed by atoms with Crippen LogP contribution in [0.4, 0.5) is 5.69 Å². The minimum atomic E-state index is -0.295. The molecule has 3 rings (SSSR count). The fraction of sp³-hybridized carbons (Fsp3) is 0.381. The number of benzene rings is 1. The van der Waals surface area contributed by atoms with Gasteiger partial charge in [0.1, 0.15) is 5.76 Å². The number of carbonyl (C=O) groups is 3. The van der Waals surface area contributed by atoms with Crippen molar-refractivity contribution in [3.63, 3.8) is 0 Å². The third-order valence-electron chi connectivity index (χ3n) is 4.94. The van der Waals surface area contributed by atoms with Gasteiger partial charge in [0.05, 0.1) is 43.6 Å². The molecule has 0 aliphatic carbocycles. The zero-order valence-electron chi connectivity index (χ0n) is 16.3. The van der Waals surface area contributed by atoms with Crippen molar-refractivity contribution in [2.75, 3.05) is 32.1 Å². The molecule has 2 aromatic rings. The first-order valence-electron chi connectivity index (χ1n) is 9.56. The second-order valence-electron chi connectivity index (χ2n) is 6.93. The molecule has 1 aromatic carbocycles. The summed E-state index contributed by atoms with van der Waals surface area (Å²) >= 11 is 0. The zero-order valence-corrected chi connectivity index (χ0v) is 16.3. The van der Waals surface area contributed by atoms with E-state index in [0.717, 1.165) is 0 Å². The molecule has 1 aliphatic rings. The third kappa shape index (κ3) is 5.68. The predicted molar refractivity (Wildman–Crippen MR) is 106 cm³/mol. The summed E-state index contributed by atoms with van der Waals surface area (Å²) in [7, 11) is 1.39. The van der Waals surface area contributed by atoms with Gasteiger partial charge in [-0.2, -0.15) is 0 Å². The normalized spacial score (nSPS) is 14.9. The predicted octanol–water partition coefficient (Wildman–Crippen LogP) is 2.03. The molecule has 1 saturated heterocycles. The van der Waals surface area contributed by atoms with E-state index in [-0.39, 0.29) is 36.8 Å². The van der Waals surface area contributed by atoms with E-state index in [0.29, 0.717) is 42.9 Å². The number of ether oxygens (including phenoxy) is 1. The number of hydrogen-bond donors (Lipinski definition) is 2. The smallest absolute Gasteiger partial charge is 0.308 e. The van der Waals surface area contributed by atoms with E-state index in [1.54, 1.807) is 42.7 Å². The van der Waals surface area contributed by atoms with Gasteiger partial charge in [-0.15, -0.1) is 0 Å². The Balaban J connectivity index is 1.53. The number of anilines is 1. The Hall–Kier alpha value is -3.13. The Bertz CT molecular complexity index is 842. The maximum absolute atomic E-state index is 12.5. The Morgan fingerprint density at radius 1 is 1.14 bits per heavy atom. The summed E-state index contributed by atoms with van der Waals surface area (Å²) in [5.74, 6) is -0.138. The van der Waals surface area contributed by atoms with E-state index < -0.39 is 0 Å². The first-order valence-corrected chi connectivity index (χ1v) is 9.56. The van der Waals surface area contributed by atoms with E-state index in [4.69, 9.17) is 9.15 Å². The maximum Gasteiger partial charge on any atom is 0.308 e. The first kappa shape index (κ1) is 20.6. The molecule has 2 amide bonds. The van der Waals surface area contributed by atoms with Gasteiger partial charge in [0, 0.05) is 0 Å². The molecule has 0 spiro atoms. The van der Waals surface area contributed by atoms with Crippen LogP contribution in [0.15, 0.2) is 47.1 Å². The molecule has 2 N–H and O–H groups in total. The van der Waals surface area contributed by atoms with E-state index in [1.807, 2.05) is 4.90 Å². The lowest BCUT2D eigenvalue weighted by molar-refractivity contribution is -0.147. The zero-order chi connectivity index (χ0) is 20.6. The molecule has 0 radical (unpaired) electrons. The summed E-state index contributed by atoms with van der Waals surface area (Å²) in [4.78, 5) is 38.6. The number of piperidine rings is 1. The minimum Gasteiger partial charge on any atom is -0.469 e. The molecule has 154 valence electrons. The van der Waals surface area contributed by atoms with E-state index in [1.165, 1.54) is 7.11 Å². The van der Waals surface area contributed by atoms with Crippen LogP contribution in [0.3, 0.4) is 0 Å². The number of methoxy groups -OCH3 is 1. The number of likely N-dealkylation sites (tertiary alicyclic amines) is 1. The van der Waals surface area contributed by atoms with Crippen LogP contribution in [0.5, 0.6) is 0 Å². The lowest BCUT2D eigenvalue weighted by atomic mass is 9.97. The average Bonchev–Trinajstić information content (AvgIpc) is 3.26. The van der Waals surface area contributed by atoms with Gasteiger partial charge in [0.2, 0.25) is 5.91 Å². The van der Waals surface area contributed by atoms with Gasteiger partial charge in [-0.05, 0) is 50.2 Å². The molecule has 8 heteroatoms. The van der Waals surface area contributed by atoms with Crippen LogP contribution in [-0.4, -0.2) is 49.4 Å². The molecule has 0 unspecified atom stereocenters. The molecular weight excluding hydrogens is 374 g/mol. The lowest BCUT2D eigenvalue weighted by Crippen LogP contribution is -2.41. The molecule has 0 atom stereocenters. The standard InChI is InChI=1S/C21H25N3O5/c1-28-21(27)15-8-10-24(11-9-15)14-19(25)23-18-7-3-2-6-17(18)20(26)22-13-16-5-4-12-29-16/h2-7,12,15H,8-11,13-14H2,1H3,(H,22,26)(H,23,25). The molecule has 1 fully saturated rings. The van der Waals surface area contributed by atoms with Crippen molar-refractivity contribution in [3.05, 3.63) is 54.0 Å². The number of nitrogens with zero attached hydrogens (tertiary/aromatic N) is 1. The van der Waals surface area contributed by atoms with Gasteiger partial charge in [-0.1, -0.05) is 12.1 Å². The Labute approximate surface area is 169 Å². The largest absolute Gasteiger partial charge is 0.469 e. The van der Waals surface area contributed by atoms with E-state index in [9.17, 15) is 14.4 Å². The van der Waals surface area contributed by atoms with E-state index in [2.05, 4.69) is 10.6 Å². The topological polar surface area (TPSA) is 101 Å². The minimum absolute atomic E-state index is 0.0992. The number of rotatable bonds is 7. The van der Waals surface area contributed by atoms with Crippen molar-refractivity contribution in [1.29, 1.82) is 0 Å². The number of para-hydroxylation sites is 1. The van der Waals surface area contributed by atoms with Crippen LogP contribution in [0, 0.1) is 5.92 Å². The number of hydrogen-bond acceptors (Lipinski definition) is 6.